The minimum atomic E-state index is -2.97. The molecule has 2 rings (SSSR count). The third-order valence-electron chi connectivity index (χ3n) is 3.21. The van der Waals surface area contributed by atoms with Crippen LogP contribution in [-0.2, 0) is 11.3 Å². The van der Waals surface area contributed by atoms with Gasteiger partial charge >= 0.3 is 6.09 Å². The van der Waals surface area contributed by atoms with Gasteiger partial charge in [-0.1, -0.05) is 30.3 Å². The van der Waals surface area contributed by atoms with Crippen molar-refractivity contribution in [2.24, 2.45) is 5.92 Å². The molecule has 4 nitrogen and oxygen atoms in total. The number of aliphatic hydroxyl groups is 1. The van der Waals surface area contributed by atoms with E-state index >= 15 is 0 Å². The van der Waals surface area contributed by atoms with Gasteiger partial charge in [0.1, 0.15) is 6.61 Å². The maximum absolute atomic E-state index is 13.5. The number of alkyl halides is 2. The van der Waals surface area contributed by atoms with Gasteiger partial charge in [-0.15, -0.1) is 0 Å². The van der Waals surface area contributed by atoms with Gasteiger partial charge in [0.25, 0.3) is 5.92 Å². The highest BCUT2D eigenvalue weighted by atomic mass is 19.3. The van der Waals surface area contributed by atoms with Gasteiger partial charge in [-0.05, 0) is 5.56 Å². The summed E-state index contributed by atoms with van der Waals surface area (Å²) >= 11 is 0. The van der Waals surface area contributed by atoms with Crippen LogP contribution in [0.3, 0.4) is 0 Å². The molecule has 1 saturated heterocycles. The molecule has 0 spiro atoms. The molecule has 0 aliphatic carbocycles. The van der Waals surface area contributed by atoms with Crippen molar-refractivity contribution in [3.05, 3.63) is 35.9 Å². The highest BCUT2D eigenvalue weighted by molar-refractivity contribution is 5.68. The molecule has 0 bridgehead atoms. The Kier molecular flexibility index (Phi) is 4.54. The van der Waals surface area contributed by atoms with Crippen LogP contribution in [-0.4, -0.2) is 41.7 Å². The molecular weight excluding hydrogens is 268 g/mol. The summed E-state index contributed by atoms with van der Waals surface area (Å²) in [6.45, 7) is -0.875. The van der Waals surface area contributed by atoms with Crippen LogP contribution < -0.4 is 0 Å². The van der Waals surface area contributed by atoms with Crippen LogP contribution >= 0.6 is 0 Å². The Bertz CT molecular complexity index is 453. The standard InChI is InChI=1S/C14H17F2NO3/c15-14(16)6-12(8-18)7-17(10-14)13(19)20-9-11-4-2-1-3-5-11/h1-5,12,18H,6-10H2/t12-/m0/s1. The monoisotopic (exact) mass is 285 g/mol. The van der Waals surface area contributed by atoms with E-state index in [9.17, 15) is 13.6 Å². The summed E-state index contributed by atoms with van der Waals surface area (Å²) in [5, 5.41) is 9.02. The average molecular weight is 285 g/mol. The van der Waals surface area contributed by atoms with Gasteiger partial charge in [0.2, 0.25) is 0 Å². The summed E-state index contributed by atoms with van der Waals surface area (Å²) in [7, 11) is 0. The van der Waals surface area contributed by atoms with Crippen molar-refractivity contribution in [1.29, 1.82) is 0 Å². The first-order chi connectivity index (χ1) is 9.50. The second-order valence-electron chi connectivity index (χ2n) is 5.03. The highest BCUT2D eigenvalue weighted by Gasteiger charge is 2.42. The highest BCUT2D eigenvalue weighted by Crippen LogP contribution is 2.30. The first kappa shape index (κ1) is 14.7. The Hall–Kier alpha value is -1.69. The Morgan fingerprint density at radius 3 is 2.75 bits per heavy atom. The molecule has 0 unspecified atom stereocenters. The fourth-order valence-corrected chi connectivity index (χ4v) is 2.28. The third-order valence-corrected chi connectivity index (χ3v) is 3.21. The van der Waals surface area contributed by atoms with Crippen LogP contribution in [0.4, 0.5) is 13.6 Å². The molecule has 1 amide bonds. The summed E-state index contributed by atoms with van der Waals surface area (Å²) in [5.41, 5.74) is 0.795. The summed E-state index contributed by atoms with van der Waals surface area (Å²) < 4.78 is 31.9. The van der Waals surface area contributed by atoms with E-state index in [0.717, 1.165) is 10.5 Å². The van der Waals surface area contributed by atoms with Gasteiger partial charge in [-0.3, -0.25) is 0 Å². The summed E-state index contributed by atoms with van der Waals surface area (Å²) in [6.07, 6.45) is -1.17. The summed E-state index contributed by atoms with van der Waals surface area (Å²) in [5.74, 6) is -3.58. The molecule has 1 N–H and O–H groups in total. The molecule has 6 heteroatoms. The second kappa shape index (κ2) is 6.17. The number of halogens is 2. The molecule has 1 aliphatic rings. The van der Waals surface area contributed by atoms with Crippen molar-refractivity contribution in [1.82, 2.24) is 4.90 Å². The number of carbonyl (C=O) groups is 1. The number of amides is 1. The minimum absolute atomic E-state index is 0.0472. The van der Waals surface area contributed by atoms with Gasteiger partial charge in [0.05, 0.1) is 6.54 Å². The Labute approximate surface area is 116 Å². The number of rotatable bonds is 3. The topological polar surface area (TPSA) is 49.8 Å². The van der Waals surface area contributed by atoms with Crippen LogP contribution in [0, 0.1) is 5.92 Å². The lowest BCUT2D eigenvalue weighted by molar-refractivity contribution is -0.0874. The number of ether oxygens (including phenoxy) is 1. The molecule has 110 valence electrons. The lowest BCUT2D eigenvalue weighted by atomic mass is 9.96. The molecule has 20 heavy (non-hydrogen) atoms. The first-order valence-corrected chi connectivity index (χ1v) is 6.44. The molecule has 0 aromatic heterocycles. The van der Waals surface area contributed by atoms with Crippen LogP contribution in [0.1, 0.15) is 12.0 Å². The van der Waals surface area contributed by atoms with Gasteiger partial charge in [-0.2, -0.15) is 0 Å². The Morgan fingerprint density at radius 1 is 1.40 bits per heavy atom. The van der Waals surface area contributed by atoms with E-state index in [1.54, 1.807) is 24.3 Å². The molecule has 1 aliphatic heterocycles. The number of hydrogen-bond acceptors (Lipinski definition) is 3. The number of piperidine rings is 1. The van der Waals surface area contributed by atoms with E-state index in [1.165, 1.54) is 0 Å². The summed E-state index contributed by atoms with van der Waals surface area (Å²) in [4.78, 5) is 12.8. The maximum Gasteiger partial charge on any atom is 0.410 e. The van der Waals surface area contributed by atoms with Crippen molar-refractivity contribution in [3.63, 3.8) is 0 Å². The lowest BCUT2D eigenvalue weighted by Gasteiger charge is -2.36. The molecule has 1 atom stereocenters. The van der Waals surface area contributed by atoms with E-state index in [2.05, 4.69) is 0 Å². The number of carbonyl (C=O) groups excluding carboxylic acids is 1. The molecular formula is C14H17F2NO3. The number of hydrogen-bond donors (Lipinski definition) is 1. The van der Waals surface area contributed by atoms with E-state index in [-0.39, 0.29) is 19.8 Å². The van der Waals surface area contributed by atoms with Crippen LogP contribution in [0.15, 0.2) is 30.3 Å². The number of benzene rings is 1. The molecule has 0 saturated carbocycles. The fourth-order valence-electron chi connectivity index (χ4n) is 2.28. The SMILES string of the molecule is O=C(OCc1ccccc1)N1C[C@@H](CO)CC(F)(F)C1. The largest absolute Gasteiger partial charge is 0.445 e. The lowest BCUT2D eigenvalue weighted by Crippen LogP contribution is -2.50. The molecule has 1 aromatic rings. The van der Waals surface area contributed by atoms with Crippen molar-refractivity contribution >= 4 is 6.09 Å². The third kappa shape index (κ3) is 3.90. The van der Waals surface area contributed by atoms with Gasteiger partial charge in [0.15, 0.2) is 0 Å². The summed E-state index contributed by atoms with van der Waals surface area (Å²) in [6, 6.07) is 9.02. The smallest absolute Gasteiger partial charge is 0.410 e. The predicted octanol–water partition coefficient (Wildman–Crippen LogP) is 2.27. The van der Waals surface area contributed by atoms with Gasteiger partial charge in [0, 0.05) is 25.5 Å². The normalized spacial score (nSPS) is 21.6. The zero-order valence-electron chi connectivity index (χ0n) is 11.0. The minimum Gasteiger partial charge on any atom is -0.445 e. The second-order valence-corrected chi connectivity index (χ2v) is 5.03. The van der Waals surface area contributed by atoms with Crippen molar-refractivity contribution in [2.45, 2.75) is 19.0 Å². The van der Waals surface area contributed by atoms with E-state index in [0.29, 0.717) is 0 Å². The molecule has 1 aromatic carbocycles. The zero-order chi connectivity index (χ0) is 14.6. The number of nitrogens with zero attached hydrogens (tertiary/aromatic N) is 1. The maximum atomic E-state index is 13.5. The predicted molar refractivity (Wildman–Crippen MR) is 68.3 cm³/mol. The molecule has 0 radical (unpaired) electrons. The van der Waals surface area contributed by atoms with Crippen LogP contribution in [0.5, 0.6) is 0 Å². The van der Waals surface area contributed by atoms with E-state index < -0.39 is 30.9 Å². The molecule has 1 fully saturated rings. The first-order valence-electron chi connectivity index (χ1n) is 6.44. The number of aliphatic hydroxyl groups excluding tert-OH is 1. The van der Waals surface area contributed by atoms with Crippen molar-refractivity contribution in [3.8, 4) is 0 Å². The van der Waals surface area contributed by atoms with Crippen molar-refractivity contribution < 1.29 is 23.4 Å². The van der Waals surface area contributed by atoms with Gasteiger partial charge in [-0.25, -0.2) is 13.6 Å². The molecule has 1 heterocycles. The van der Waals surface area contributed by atoms with E-state index in [1.807, 2.05) is 6.07 Å². The zero-order valence-corrected chi connectivity index (χ0v) is 11.0. The quantitative estimate of drug-likeness (QED) is 0.927. The van der Waals surface area contributed by atoms with E-state index in [4.69, 9.17) is 9.84 Å². The Morgan fingerprint density at radius 2 is 2.10 bits per heavy atom. The van der Waals surface area contributed by atoms with Gasteiger partial charge < -0.3 is 14.7 Å². The van der Waals surface area contributed by atoms with Crippen LogP contribution in [0.2, 0.25) is 0 Å². The fraction of sp³-hybridized carbons (Fsp3) is 0.500. The number of likely N-dealkylation sites (tertiary alicyclic amines) is 1. The Balaban J connectivity index is 1.91. The van der Waals surface area contributed by atoms with Crippen molar-refractivity contribution in [2.75, 3.05) is 19.7 Å². The van der Waals surface area contributed by atoms with Crippen LogP contribution in [0.25, 0.3) is 0 Å². The average Bonchev–Trinajstić information content (AvgIpc) is 2.44.